The number of nitrogens with one attached hydrogen (secondary N) is 1. The molecule has 0 bridgehead atoms. The van der Waals surface area contributed by atoms with Gasteiger partial charge in [-0.25, -0.2) is 9.37 Å². The van der Waals surface area contributed by atoms with Crippen molar-refractivity contribution in [2.45, 2.75) is 51.2 Å². The summed E-state index contributed by atoms with van der Waals surface area (Å²) in [6, 6.07) is 23.8. The molecule has 6 rings (SSSR count). The molecule has 1 aliphatic carbocycles. The van der Waals surface area contributed by atoms with E-state index in [9.17, 15) is 9.18 Å². The number of carbonyl (C=O) groups excluding carboxylic acids is 1. The Balaban J connectivity index is 1.16. The minimum absolute atomic E-state index is 0.245. The molecule has 0 unspecified atom stereocenters. The highest BCUT2D eigenvalue weighted by Crippen LogP contribution is 2.26. The zero-order valence-corrected chi connectivity index (χ0v) is 26.6. The van der Waals surface area contributed by atoms with E-state index in [2.05, 4.69) is 26.2 Å². The van der Waals surface area contributed by atoms with Gasteiger partial charge >= 0.3 is 0 Å². The van der Waals surface area contributed by atoms with Crippen LogP contribution >= 0.6 is 12.2 Å². The quantitative estimate of drug-likeness (QED) is 0.234. The fourth-order valence-corrected chi connectivity index (χ4v) is 6.60. The highest BCUT2D eigenvalue weighted by atomic mass is 32.1. The van der Waals surface area contributed by atoms with E-state index in [1.54, 1.807) is 41.7 Å². The van der Waals surface area contributed by atoms with Gasteiger partial charge in [-0.2, -0.15) is 5.26 Å². The van der Waals surface area contributed by atoms with Gasteiger partial charge in [0.25, 0.3) is 5.91 Å². The summed E-state index contributed by atoms with van der Waals surface area (Å²) >= 11 is 5.75. The monoisotopic (exact) mass is 635 g/mol. The molecule has 2 aliphatic rings. The molecule has 1 aromatic heterocycles. The third kappa shape index (κ3) is 7.54. The van der Waals surface area contributed by atoms with Crippen LogP contribution in [0.15, 0.2) is 85.3 Å². The SMILES string of the molecule is N#Cc1ccc(Cn2cncc2CN(C(=O)c2cccc(F)c2)c2ccc(N3CCN(C(=S)NC4CCCCC4)CC3)cc2)cc1. The van der Waals surface area contributed by atoms with Crippen molar-refractivity contribution in [3.63, 3.8) is 0 Å². The van der Waals surface area contributed by atoms with E-state index in [-0.39, 0.29) is 18.0 Å². The zero-order valence-electron chi connectivity index (χ0n) is 25.8. The molecule has 4 aromatic rings. The maximum atomic E-state index is 14.2. The third-order valence-electron chi connectivity index (χ3n) is 8.90. The Morgan fingerprint density at radius 3 is 2.43 bits per heavy atom. The van der Waals surface area contributed by atoms with Gasteiger partial charge in [-0.1, -0.05) is 37.5 Å². The first-order valence-corrected chi connectivity index (χ1v) is 16.3. The summed E-state index contributed by atoms with van der Waals surface area (Å²) in [4.78, 5) is 24.5. The van der Waals surface area contributed by atoms with Gasteiger partial charge in [-0.3, -0.25) is 4.79 Å². The molecule has 46 heavy (non-hydrogen) atoms. The fourth-order valence-electron chi connectivity index (χ4n) is 6.25. The van der Waals surface area contributed by atoms with Gasteiger partial charge in [0.2, 0.25) is 0 Å². The number of hydrogen-bond donors (Lipinski definition) is 1. The third-order valence-corrected chi connectivity index (χ3v) is 9.27. The molecule has 3 aromatic carbocycles. The predicted molar refractivity (Wildman–Crippen MR) is 182 cm³/mol. The summed E-state index contributed by atoms with van der Waals surface area (Å²) < 4.78 is 16.1. The Kier molecular flexibility index (Phi) is 9.89. The topological polar surface area (TPSA) is 80.4 Å². The number of halogens is 1. The lowest BCUT2D eigenvalue weighted by molar-refractivity contribution is 0.0984. The largest absolute Gasteiger partial charge is 0.368 e. The molecule has 1 saturated heterocycles. The normalized spacial score (nSPS) is 15.3. The lowest BCUT2D eigenvalue weighted by Crippen LogP contribution is -2.53. The number of rotatable bonds is 8. The summed E-state index contributed by atoms with van der Waals surface area (Å²) in [6.45, 7) is 4.20. The van der Waals surface area contributed by atoms with Crippen molar-refractivity contribution in [1.82, 2.24) is 19.8 Å². The van der Waals surface area contributed by atoms with Crippen LogP contribution in [0.3, 0.4) is 0 Å². The molecule has 1 aliphatic heterocycles. The Hall–Kier alpha value is -4.75. The van der Waals surface area contributed by atoms with Crippen molar-refractivity contribution < 1.29 is 9.18 Å². The molecule has 2 heterocycles. The molecule has 236 valence electrons. The number of piperazine rings is 1. The second kappa shape index (κ2) is 14.6. The first-order valence-electron chi connectivity index (χ1n) is 15.9. The Bertz CT molecular complexity index is 1680. The van der Waals surface area contributed by atoms with E-state index in [1.165, 1.54) is 44.2 Å². The van der Waals surface area contributed by atoms with Crippen LogP contribution in [0.1, 0.15) is 59.3 Å². The van der Waals surface area contributed by atoms with Gasteiger partial charge in [0.15, 0.2) is 5.11 Å². The summed E-state index contributed by atoms with van der Waals surface area (Å²) in [5.41, 5.74) is 4.50. The smallest absolute Gasteiger partial charge is 0.258 e. The van der Waals surface area contributed by atoms with Crippen molar-refractivity contribution in [3.05, 3.63) is 114 Å². The van der Waals surface area contributed by atoms with Gasteiger partial charge < -0.3 is 24.6 Å². The van der Waals surface area contributed by atoms with Crippen LogP contribution < -0.4 is 15.1 Å². The highest BCUT2D eigenvalue weighted by Gasteiger charge is 2.24. The highest BCUT2D eigenvalue weighted by molar-refractivity contribution is 7.80. The van der Waals surface area contributed by atoms with E-state index < -0.39 is 5.82 Å². The van der Waals surface area contributed by atoms with Crippen molar-refractivity contribution in [1.29, 1.82) is 5.26 Å². The second-order valence-electron chi connectivity index (χ2n) is 12.0. The molecule has 1 N–H and O–H groups in total. The molecule has 1 amide bonds. The van der Waals surface area contributed by atoms with E-state index in [0.717, 1.165) is 48.2 Å². The molecule has 8 nitrogen and oxygen atoms in total. The number of thiocarbonyl (C=S) groups is 1. The average Bonchev–Trinajstić information content (AvgIpc) is 3.54. The lowest BCUT2D eigenvalue weighted by atomic mass is 9.96. The number of aromatic nitrogens is 2. The Morgan fingerprint density at radius 1 is 1.00 bits per heavy atom. The van der Waals surface area contributed by atoms with Crippen LogP contribution in [-0.4, -0.2) is 57.7 Å². The average molecular weight is 636 g/mol. The Morgan fingerprint density at radius 2 is 1.74 bits per heavy atom. The van der Waals surface area contributed by atoms with E-state index >= 15 is 0 Å². The van der Waals surface area contributed by atoms with E-state index in [1.807, 2.05) is 41.0 Å². The number of hydrogen-bond acceptors (Lipinski definition) is 5. The minimum Gasteiger partial charge on any atom is -0.368 e. The maximum absolute atomic E-state index is 14.2. The summed E-state index contributed by atoms with van der Waals surface area (Å²) in [5.74, 6) is -0.759. The van der Waals surface area contributed by atoms with Crippen LogP contribution in [0, 0.1) is 17.1 Å². The van der Waals surface area contributed by atoms with Gasteiger partial charge in [0.1, 0.15) is 5.82 Å². The lowest BCUT2D eigenvalue weighted by Gasteiger charge is -2.38. The maximum Gasteiger partial charge on any atom is 0.258 e. The van der Waals surface area contributed by atoms with Crippen LogP contribution in [0.25, 0.3) is 0 Å². The second-order valence-corrected chi connectivity index (χ2v) is 12.4. The first-order chi connectivity index (χ1) is 22.5. The summed E-state index contributed by atoms with van der Waals surface area (Å²) in [7, 11) is 0. The van der Waals surface area contributed by atoms with Crippen molar-refractivity contribution in [2.24, 2.45) is 0 Å². The van der Waals surface area contributed by atoms with Gasteiger partial charge in [0.05, 0.1) is 30.2 Å². The van der Waals surface area contributed by atoms with Crippen molar-refractivity contribution in [3.8, 4) is 6.07 Å². The number of amides is 1. The molecule has 2 fully saturated rings. The predicted octanol–water partition coefficient (Wildman–Crippen LogP) is 6.12. The molecular weight excluding hydrogens is 598 g/mol. The summed E-state index contributed by atoms with van der Waals surface area (Å²) in [5, 5.41) is 13.6. The van der Waals surface area contributed by atoms with Gasteiger partial charge in [0, 0.05) is 61.9 Å². The first kappa shape index (κ1) is 31.2. The van der Waals surface area contributed by atoms with Crippen molar-refractivity contribution >= 4 is 34.6 Å². The summed E-state index contributed by atoms with van der Waals surface area (Å²) in [6.07, 6.45) is 9.75. The zero-order chi connectivity index (χ0) is 31.9. The number of anilines is 2. The van der Waals surface area contributed by atoms with Crippen molar-refractivity contribution in [2.75, 3.05) is 36.0 Å². The number of benzene rings is 3. The molecule has 0 radical (unpaired) electrons. The minimum atomic E-state index is -0.459. The number of nitriles is 1. The molecule has 10 heteroatoms. The van der Waals surface area contributed by atoms with Crippen LogP contribution in [0.4, 0.5) is 15.8 Å². The van der Waals surface area contributed by atoms with Crippen LogP contribution in [0.2, 0.25) is 0 Å². The van der Waals surface area contributed by atoms with E-state index in [0.29, 0.717) is 23.8 Å². The Labute approximate surface area is 275 Å². The van der Waals surface area contributed by atoms with Crippen LogP contribution in [0.5, 0.6) is 0 Å². The van der Waals surface area contributed by atoms with Gasteiger partial charge in [-0.15, -0.1) is 0 Å². The molecule has 0 atom stereocenters. The number of imidazole rings is 1. The number of nitrogens with zero attached hydrogens (tertiary/aromatic N) is 6. The fraction of sp³-hybridized carbons (Fsp3) is 0.333. The van der Waals surface area contributed by atoms with Gasteiger partial charge in [-0.05, 0) is 85.2 Å². The van der Waals surface area contributed by atoms with E-state index in [4.69, 9.17) is 17.5 Å². The number of carbonyl (C=O) groups is 1. The van der Waals surface area contributed by atoms with Crippen LogP contribution in [-0.2, 0) is 13.1 Å². The molecule has 0 spiro atoms. The molecular formula is C36H38FN7OS. The molecule has 1 saturated carbocycles. The standard InChI is InChI=1S/C36H38FN7OS/c37-30-6-4-5-29(21-30)35(45)44(25-34-23-39-26-43(34)24-28-11-9-27(22-38)10-12-28)33-15-13-32(14-16-33)41-17-19-42(20-18-41)36(46)40-31-7-2-1-3-8-31/h4-6,9-16,21,23,26,31H,1-3,7-8,17-20,24-25H2,(H,40,46).